The van der Waals surface area contributed by atoms with E-state index in [4.69, 9.17) is 5.11 Å². The van der Waals surface area contributed by atoms with Crippen LogP contribution in [0.3, 0.4) is 0 Å². The number of carbonyl (C=O) groups is 1. The number of nitrogens with one attached hydrogen (secondary N) is 1. The number of hydrogen-bond donors (Lipinski definition) is 2. The molecule has 1 fully saturated rings. The smallest absolute Gasteiger partial charge is 0.222 e. The van der Waals surface area contributed by atoms with Crippen LogP contribution in [-0.2, 0) is 24.4 Å². The van der Waals surface area contributed by atoms with E-state index in [1.54, 1.807) is 0 Å². The molecule has 3 rings (SSSR count). The Morgan fingerprint density at radius 2 is 2.00 bits per heavy atom. The zero-order valence-corrected chi connectivity index (χ0v) is 15.0. The molecule has 0 saturated carbocycles. The summed E-state index contributed by atoms with van der Waals surface area (Å²) in [5, 5.41) is 17.0. The van der Waals surface area contributed by atoms with Crippen molar-refractivity contribution in [3.8, 4) is 0 Å². The monoisotopic (exact) mass is 342 g/mol. The molecule has 0 atom stereocenters. The van der Waals surface area contributed by atoms with Crippen molar-refractivity contribution in [3.63, 3.8) is 0 Å². The normalized spacial score (nSPS) is 14.4. The second-order valence-electron chi connectivity index (χ2n) is 6.57. The number of benzene rings is 1. The Bertz CT molecular complexity index is 737. The molecule has 2 N–H and O–H groups in total. The van der Waals surface area contributed by atoms with Gasteiger partial charge in [-0.1, -0.05) is 12.1 Å². The number of amides is 1. The third kappa shape index (κ3) is 4.02. The quantitative estimate of drug-likeness (QED) is 0.809. The first-order valence-electron chi connectivity index (χ1n) is 8.83. The number of hydrogen-bond acceptors (Lipinski definition) is 4. The van der Waals surface area contributed by atoms with E-state index in [1.165, 1.54) is 5.56 Å². The minimum absolute atomic E-state index is 0.0931. The van der Waals surface area contributed by atoms with Crippen molar-refractivity contribution in [2.75, 3.05) is 18.5 Å². The molecule has 0 bridgehead atoms. The van der Waals surface area contributed by atoms with Crippen LogP contribution in [0.5, 0.6) is 0 Å². The average Bonchev–Trinajstić information content (AvgIpc) is 3.11. The van der Waals surface area contributed by atoms with Gasteiger partial charge in [0.2, 0.25) is 5.91 Å². The third-order valence-corrected chi connectivity index (χ3v) is 4.81. The van der Waals surface area contributed by atoms with E-state index >= 15 is 0 Å². The van der Waals surface area contributed by atoms with Crippen LogP contribution in [0.1, 0.15) is 35.4 Å². The van der Waals surface area contributed by atoms with Gasteiger partial charge >= 0.3 is 0 Å². The van der Waals surface area contributed by atoms with E-state index in [-0.39, 0.29) is 12.5 Å². The lowest BCUT2D eigenvalue weighted by Crippen LogP contribution is -2.23. The molecule has 1 aromatic carbocycles. The van der Waals surface area contributed by atoms with Crippen LogP contribution in [0.25, 0.3) is 0 Å². The fourth-order valence-electron chi connectivity index (χ4n) is 3.31. The fourth-order valence-corrected chi connectivity index (χ4v) is 3.31. The second-order valence-corrected chi connectivity index (χ2v) is 6.57. The van der Waals surface area contributed by atoms with Crippen molar-refractivity contribution in [3.05, 3.63) is 46.8 Å². The Balaban J connectivity index is 1.59. The van der Waals surface area contributed by atoms with Crippen LogP contribution in [0.2, 0.25) is 0 Å². The van der Waals surface area contributed by atoms with Gasteiger partial charge in [0.05, 0.1) is 18.8 Å². The van der Waals surface area contributed by atoms with Gasteiger partial charge in [0, 0.05) is 43.0 Å². The van der Waals surface area contributed by atoms with Gasteiger partial charge in [-0.25, -0.2) is 0 Å². The standard InChI is InChI=1S/C19H26N4O2/c1-14-18(15(2)23(21-14)10-11-24)12-20-17-7-5-16(6-8-17)13-22-9-3-4-19(22)25/h5-8,20,24H,3-4,9-13H2,1-2H3. The van der Waals surface area contributed by atoms with E-state index in [1.807, 2.05) is 23.4 Å². The topological polar surface area (TPSA) is 70.4 Å². The summed E-state index contributed by atoms with van der Waals surface area (Å²) in [5.74, 6) is 0.257. The molecule has 0 aliphatic carbocycles. The largest absolute Gasteiger partial charge is 0.394 e. The minimum Gasteiger partial charge on any atom is -0.394 e. The van der Waals surface area contributed by atoms with Gasteiger partial charge in [0.15, 0.2) is 0 Å². The van der Waals surface area contributed by atoms with Crippen LogP contribution in [0.15, 0.2) is 24.3 Å². The summed E-state index contributed by atoms with van der Waals surface area (Å²) in [6.45, 7) is 6.91. The molecule has 2 heterocycles. The first-order valence-corrected chi connectivity index (χ1v) is 8.83. The molecule has 6 heteroatoms. The molecule has 2 aromatic rings. The summed E-state index contributed by atoms with van der Waals surface area (Å²) in [4.78, 5) is 13.6. The molecular weight excluding hydrogens is 316 g/mol. The van der Waals surface area contributed by atoms with Crippen LogP contribution < -0.4 is 5.32 Å². The van der Waals surface area contributed by atoms with Crippen molar-refractivity contribution in [1.29, 1.82) is 0 Å². The number of anilines is 1. The molecule has 6 nitrogen and oxygen atoms in total. The number of nitrogens with zero attached hydrogens (tertiary/aromatic N) is 3. The highest BCUT2D eigenvalue weighted by atomic mass is 16.3. The fraction of sp³-hybridized carbons (Fsp3) is 0.474. The van der Waals surface area contributed by atoms with Crippen molar-refractivity contribution in [1.82, 2.24) is 14.7 Å². The Kier molecular flexibility index (Phi) is 5.38. The molecule has 1 amide bonds. The third-order valence-electron chi connectivity index (χ3n) is 4.81. The molecule has 1 aliphatic heterocycles. The van der Waals surface area contributed by atoms with Crippen molar-refractivity contribution < 1.29 is 9.90 Å². The van der Waals surface area contributed by atoms with Crippen molar-refractivity contribution >= 4 is 11.6 Å². The van der Waals surface area contributed by atoms with E-state index in [2.05, 4.69) is 34.7 Å². The van der Waals surface area contributed by atoms with E-state index in [9.17, 15) is 4.79 Å². The number of aryl methyl sites for hydroxylation is 1. The first-order chi connectivity index (χ1) is 12.1. The summed E-state index contributed by atoms with van der Waals surface area (Å²) in [6, 6.07) is 8.25. The van der Waals surface area contributed by atoms with Gasteiger partial charge < -0.3 is 15.3 Å². The number of aliphatic hydroxyl groups is 1. The maximum absolute atomic E-state index is 11.7. The first kappa shape index (κ1) is 17.5. The summed E-state index contributed by atoms with van der Waals surface area (Å²) in [6.07, 6.45) is 1.66. The van der Waals surface area contributed by atoms with Crippen LogP contribution in [0, 0.1) is 13.8 Å². The average molecular weight is 342 g/mol. The maximum Gasteiger partial charge on any atom is 0.222 e. The highest BCUT2D eigenvalue weighted by Gasteiger charge is 2.19. The summed E-state index contributed by atoms with van der Waals surface area (Å²) < 4.78 is 1.85. The van der Waals surface area contributed by atoms with E-state index < -0.39 is 0 Å². The maximum atomic E-state index is 11.7. The molecular formula is C19H26N4O2. The molecule has 1 aliphatic rings. The molecule has 0 unspecified atom stereocenters. The summed E-state index contributed by atoms with van der Waals surface area (Å²) in [5.41, 5.74) is 5.44. The van der Waals surface area contributed by atoms with Gasteiger partial charge in [-0.05, 0) is 38.0 Å². The molecule has 25 heavy (non-hydrogen) atoms. The SMILES string of the molecule is Cc1nn(CCO)c(C)c1CNc1ccc(CN2CCCC2=O)cc1. The Morgan fingerprint density at radius 3 is 2.64 bits per heavy atom. The lowest BCUT2D eigenvalue weighted by molar-refractivity contribution is -0.128. The van der Waals surface area contributed by atoms with Crippen LogP contribution in [-0.4, -0.2) is 38.8 Å². The number of rotatable bonds is 7. The minimum atomic E-state index is 0.0931. The lowest BCUT2D eigenvalue weighted by Gasteiger charge is -2.16. The Hall–Kier alpha value is -2.34. The molecule has 0 radical (unpaired) electrons. The second kappa shape index (κ2) is 7.70. The van der Waals surface area contributed by atoms with Crippen molar-refractivity contribution in [2.45, 2.75) is 46.3 Å². The summed E-state index contributed by atoms with van der Waals surface area (Å²) in [7, 11) is 0. The Labute approximate surface area is 148 Å². The lowest BCUT2D eigenvalue weighted by atomic mass is 10.1. The van der Waals surface area contributed by atoms with Gasteiger partial charge in [0.1, 0.15) is 0 Å². The number of aliphatic hydroxyl groups excluding tert-OH is 1. The Morgan fingerprint density at radius 1 is 1.24 bits per heavy atom. The molecule has 134 valence electrons. The van der Waals surface area contributed by atoms with Crippen LogP contribution in [0.4, 0.5) is 5.69 Å². The van der Waals surface area contributed by atoms with Gasteiger partial charge in [-0.2, -0.15) is 5.10 Å². The van der Waals surface area contributed by atoms with E-state index in [0.29, 0.717) is 26.1 Å². The number of likely N-dealkylation sites (tertiary alicyclic amines) is 1. The molecule has 1 saturated heterocycles. The molecule has 1 aromatic heterocycles. The zero-order chi connectivity index (χ0) is 17.8. The van der Waals surface area contributed by atoms with E-state index in [0.717, 1.165) is 35.6 Å². The predicted molar refractivity (Wildman–Crippen MR) is 97.2 cm³/mol. The number of carbonyl (C=O) groups excluding carboxylic acids is 1. The predicted octanol–water partition coefficient (Wildman–Crippen LogP) is 2.23. The van der Waals surface area contributed by atoms with Crippen molar-refractivity contribution in [2.24, 2.45) is 0 Å². The summed E-state index contributed by atoms with van der Waals surface area (Å²) >= 11 is 0. The number of aromatic nitrogens is 2. The highest BCUT2D eigenvalue weighted by Crippen LogP contribution is 2.18. The molecule has 0 spiro atoms. The zero-order valence-electron chi connectivity index (χ0n) is 15.0. The van der Waals surface area contributed by atoms with Gasteiger partial charge in [-0.3, -0.25) is 9.48 Å². The van der Waals surface area contributed by atoms with Gasteiger partial charge in [0.25, 0.3) is 0 Å². The highest BCUT2D eigenvalue weighted by molar-refractivity contribution is 5.78. The van der Waals surface area contributed by atoms with Crippen LogP contribution >= 0.6 is 0 Å². The van der Waals surface area contributed by atoms with Gasteiger partial charge in [-0.15, -0.1) is 0 Å².